The molecule has 0 aliphatic rings. The summed E-state index contributed by atoms with van der Waals surface area (Å²) in [6.45, 7) is 10.7. The Bertz CT molecular complexity index is 740. The molecule has 0 saturated heterocycles. The molecule has 25 heavy (non-hydrogen) atoms. The van der Waals surface area contributed by atoms with Gasteiger partial charge in [0.1, 0.15) is 18.1 Å². The number of rotatable bonds is 7. The van der Waals surface area contributed by atoms with Crippen LogP contribution < -0.4 is 14.8 Å². The van der Waals surface area contributed by atoms with E-state index in [4.69, 9.17) is 9.47 Å². The van der Waals surface area contributed by atoms with Crippen LogP contribution in [0.3, 0.4) is 0 Å². The summed E-state index contributed by atoms with van der Waals surface area (Å²) in [4.78, 5) is 12.2. The monoisotopic (exact) mass is 341 g/mol. The molecule has 1 amide bonds. The Labute approximate surface area is 150 Å². The van der Waals surface area contributed by atoms with E-state index in [-0.39, 0.29) is 5.91 Å². The Morgan fingerprint density at radius 2 is 1.80 bits per heavy atom. The number of carbonyl (C=O) groups is 1. The highest BCUT2D eigenvalue weighted by atomic mass is 16.5. The molecular weight excluding hydrogens is 314 g/mol. The van der Waals surface area contributed by atoms with Crippen LogP contribution in [0.5, 0.6) is 11.5 Å². The summed E-state index contributed by atoms with van der Waals surface area (Å²) in [5.41, 5.74) is 4.44. The van der Waals surface area contributed by atoms with Gasteiger partial charge in [0.2, 0.25) is 0 Å². The Balaban J connectivity index is 1.79. The van der Waals surface area contributed by atoms with Crippen LogP contribution in [0.4, 0.5) is 0 Å². The third kappa shape index (κ3) is 5.24. The molecule has 0 heterocycles. The molecule has 0 fully saturated rings. The summed E-state index contributed by atoms with van der Waals surface area (Å²) in [6, 6.07) is 11.9. The highest BCUT2D eigenvalue weighted by molar-refractivity contribution is 5.80. The van der Waals surface area contributed by atoms with Crippen LogP contribution in [0.1, 0.15) is 29.2 Å². The lowest BCUT2D eigenvalue weighted by atomic mass is 10.1. The molecule has 4 heteroatoms. The molecule has 1 N–H and O–H groups in total. The predicted octanol–water partition coefficient (Wildman–Crippen LogP) is 3.88. The van der Waals surface area contributed by atoms with E-state index in [1.807, 2.05) is 51.1 Å². The number of hydrogen-bond acceptors (Lipinski definition) is 3. The molecule has 4 nitrogen and oxygen atoms in total. The highest BCUT2D eigenvalue weighted by Gasteiger charge is 2.15. The molecule has 1 atom stereocenters. The first-order valence-electron chi connectivity index (χ1n) is 8.59. The molecule has 1 unspecified atom stereocenters. The van der Waals surface area contributed by atoms with Crippen molar-refractivity contribution in [2.45, 2.75) is 40.7 Å². The van der Waals surface area contributed by atoms with Gasteiger partial charge in [-0.3, -0.25) is 4.79 Å². The van der Waals surface area contributed by atoms with E-state index in [1.54, 1.807) is 6.92 Å². The lowest BCUT2D eigenvalue weighted by molar-refractivity contribution is -0.127. The number of benzene rings is 2. The van der Waals surface area contributed by atoms with Crippen molar-refractivity contribution in [3.8, 4) is 11.5 Å². The van der Waals surface area contributed by atoms with Crippen molar-refractivity contribution in [3.05, 3.63) is 58.7 Å². The van der Waals surface area contributed by atoms with Crippen molar-refractivity contribution in [2.75, 3.05) is 13.2 Å². The molecule has 0 aromatic heterocycles. The average Bonchev–Trinajstić information content (AvgIpc) is 2.58. The Hall–Kier alpha value is -2.49. The average molecular weight is 341 g/mol. The number of carbonyl (C=O) groups excluding carboxylic acids is 1. The molecule has 2 aromatic carbocycles. The Morgan fingerprint density at radius 3 is 2.56 bits per heavy atom. The highest BCUT2D eigenvalue weighted by Crippen LogP contribution is 2.21. The van der Waals surface area contributed by atoms with E-state index in [2.05, 4.69) is 18.3 Å². The summed E-state index contributed by atoms with van der Waals surface area (Å²) in [6.07, 6.45) is -0.554. The zero-order valence-corrected chi connectivity index (χ0v) is 15.7. The van der Waals surface area contributed by atoms with Crippen LogP contribution in [0, 0.1) is 27.7 Å². The van der Waals surface area contributed by atoms with Gasteiger partial charge in [0.25, 0.3) is 5.91 Å². The van der Waals surface area contributed by atoms with Crippen molar-refractivity contribution in [2.24, 2.45) is 0 Å². The van der Waals surface area contributed by atoms with E-state index in [9.17, 15) is 4.79 Å². The topological polar surface area (TPSA) is 47.6 Å². The van der Waals surface area contributed by atoms with Crippen molar-refractivity contribution in [3.63, 3.8) is 0 Å². The maximum atomic E-state index is 12.2. The van der Waals surface area contributed by atoms with Gasteiger partial charge in [-0.2, -0.15) is 0 Å². The molecule has 134 valence electrons. The van der Waals surface area contributed by atoms with Gasteiger partial charge in [0.15, 0.2) is 6.10 Å². The summed E-state index contributed by atoms with van der Waals surface area (Å²) >= 11 is 0. The molecule has 0 aliphatic carbocycles. The van der Waals surface area contributed by atoms with Crippen molar-refractivity contribution < 1.29 is 14.3 Å². The fourth-order valence-electron chi connectivity index (χ4n) is 2.44. The molecule has 0 bridgehead atoms. The van der Waals surface area contributed by atoms with E-state index in [0.29, 0.717) is 13.2 Å². The zero-order chi connectivity index (χ0) is 18.4. The second kappa shape index (κ2) is 8.56. The first-order valence-corrected chi connectivity index (χ1v) is 8.59. The number of hydrogen-bond donors (Lipinski definition) is 1. The standard InChI is InChI=1S/C21H27NO3/c1-14-9-10-16(3)20(13-14)25-18(5)21(23)22-11-12-24-19-8-6-7-15(2)17(19)4/h6-10,13,18H,11-12H2,1-5H3,(H,22,23). The van der Waals surface area contributed by atoms with Crippen LogP contribution in [0.2, 0.25) is 0 Å². The molecule has 0 aliphatic heterocycles. The summed E-state index contributed by atoms with van der Waals surface area (Å²) in [7, 11) is 0. The van der Waals surface area contributed by atoms with Crippen molar-refractivity contribution in [1.82, 2.24) is 5.32 Å². The molecule has 0 saturated carbocycles. The van der Waals surface area contributed by atoms with E-state index in [0.717, 1.165) is 28.2 Å². The van der Waals surface area contributed by atoms with Crippen LogP contribution in [-0.2, 0) is 4.79 Å². The van der Waals surface area contributed by atoms with Gasteiger partial charge in [-0.25, -0.2) is 0 Å². The van der Waals surface area contributed by atoms with Gasteiger partial charge < -0.3 is 14.8 Å². The SMILES string of the molecule is Cc1ccc(C)c(OC(C)C(=O)NCCOc2cccc(C)c2C)c1. The number of amides is 1. The molecular formula is C21H27NO3. The van der Waals surface area contributed by atoms with Gasteiger partial charge >= 0.3 is 0 Å². The molecule has 2 rings (SSSR count). The first kappa shape index (κ1) is 18.8. The van der Waals surface area contributed by atoms with Gasteiger partial charge in [0, 0.05) is 0 Å². The van der Waals surface area contributed by atoms with E-state index < -0.39 is 6.10 Å². The van der Waals surface area contributed by atoms with Crippen molar-refractivity contribution in [1.29, 1.82) is 0 Å². The van der Waals surface area contributed by atoms with E-state index >= 15 is 0 Å². The third-order valence-electron chi connectivity index (χ3n) is 4.23. The largest absolute Gasteiger partial charge is 0.491 e. The van der Waals surface area contributed by atoms with Crippen LogP contribution in [-0.4, -0.2) is 25.2 Å². The maximum absolute atomic E-state index is 12.2. The fraction of sp³-hybridized carbons (Fsp3) is 0.381. The first-order chi connectivity index (χ1) is 11.9. The lowest BCUT2D eigenvalue weighted by Gasteiger charge is -2.17. The normalized spacial score (nSPS) is 11.7. The fourth-order valence-corrected chi connectivity index (χ4v) is 2.44. The quantitative estimate of drug-likeness (QED) is 0.778. The van der Waals surface area contributed by atoms with E-state index in [1.165, 1.54) is 5.56 Å². The van der Waals surface area contributed by atoms with Crippen LogP contribution >= 0.6 is 0 Å². The van der Waals surface area contributed by atoms with Crippen LogP contribution in [0.25, 0.3) is 0 Å². The summed E-state index contributed by atoms with van der Waals surface area (Å²) < 4.78 is 11.5. The molecule has 2 aromatic rings. The molecule has 0 spiro atoms. The second-order valence-corrected chi connectivity index (χ2v) is 6.37. The van der Waals surface area contributed by atoms with Gasteiger partial charge in [-0.15, -0.1) is 0 Å². The predicted molar refractivity (Wildman–Crippen MR) is 100 cm³/mol. The number of nitrogens with one attached hydrogen (secondary N) is 1. The minimum Gasteiger partial charge on any atom is -0.491 e. The smallest absolute Gasteiger partial charge is 0.260 e. The zero-order valence-electron chi connectivity index (χ0n) is 15.7. The number of aryl methyl sites for hydroxylation is 3. The van der Waals surface area contributed by atoms with Crippen molar-refractivity contribution >= 4 is 5.91 Å². The minimum atomic E-state index is -0.554. The second-order valence-electron chi connectivity index (χ2n) is 6.37. The van der Waals surface area contributed by atoms with Gasteiger partial charge in [-0.05, 0) is 69.0 Å². The minimum absolute atomic E-state index is 0.148. The Morgan fingerprint density at radius 1 is 1.04 bits per heavy atom. The third-order valence-corrected chi connectivity index (χ3v) is 4.23. The summed E-state index contributed by atoms with van der Waals surface area (Å²) in [5, 5.41) is 2.85. The van der Waals surface area contributed by atoms with Gasteiger partial charge in [-0.1, -0.05) is 24.3 Å². The van der Waals surface area contributed by atoms with Crippen LogP contribution in [0.15, 0.2) is 36.4 Å². The lowest BCUT2D eigenvalue weighted by Crippen LogP contribution is -2.38. The molecule has 0 radical (unpaired) electrons. The van der Waals surface area contributed by atoms with Gasteiger partial charge in [0.05, 0.1) is 6.54 Å². The Kier molecular flexibility index (Phi) is 6.45. The maximum Gasteiger partial charge on any atom is 0.260 e. The summed E-state index contributed by atoms with van der Waals surface area (Å²) in [5.74, 6) is 1.45. The number of ether oxygens (including phenoxy) is 2.